The molecule has 0 amide bonds. The minimum atomic E-state index is -7.31. The maximum absolute atomic E-state index is 13.2. The van der Waals surface area contributed by atoms with E-state index in [1.165, 1.54) is 5.32 Å². The van der Waals surface area contributed by atoms with Gasteiger partial charge in [0.2, 0.25) is 9.84 Å². The normalized spacial score (nSPS) is 14.3. The van der Waals surface area contributed by atoms with E-state index in [2.05, 4.69) is 11.3 Å². The molecule has 0 heterocycles. The summed E-state index contributed by atoms with van der Waals surface area (Å²) in [7, 11) is -6.50. The number of halogens is 9. The summed E-state index contributed by atoms with van der Waals surface area (Å²) in [6.07, 6.45) is -6.45. The maximum atomic E-state index is 13.2. The third kappa shape index (κ3) is 4.56. The first-order valence-electron chi connectivity index (χ1n) is 5.88. The lowest BCUT2D eigenvalue weighted by atomic mass is 10.1. The number of hydrogen-bond acceptors (Lipinski definition) is 5. The second kappa shape index (κ2) is 7.39. The van der Waals surface area contributed by atoms with E-state index in [1.807, 2.05) is 0 Å². The Balaban J connectivity index is 5.21. The molecular formula is C10H10F9NO4S. The molecule has 5 nitrogen and oxygen atoms in total. The van der Waals surface area contributed by atoms with Crippen molar-refractivity contribution < 1.29 is 57.5 Å². The Bertz CT molecular complexity index is 600. The van der Waals surface area contributed by atoms with Gasteiger partial charge in [-0.25, -0.2) is 13.2 Å². The number of hydrogen-bond donors (Lipinski definition) is 1. The molecule has 0 fully saturated rings. The monoisotopic (exact) mass is 411 g/mol. The van der Waals surface area contributed by atoms with Gasteiger partial charge in [-0.3, -0.25) is 0 Å². The minimum absolute atomic E-state index is 0.652. The molecule has 25 heavy (non-hydrogen) atoms. The third-order valence-corrected chi connectivity index (χ3v) is 4.11. The van der Waals surface area contributed by atoms with Gasteiger partial charge in [-0.1, -0.05) is 6.58 Å². The molecule has 0 rings (SSSR count). The number of ether oxygens (including phenoxy) is 1. The van der Waals surface area contributed by atoms with Gasteiger partial charge in [-0.2, -0.15) is 39.5 Å². The predicted molar refractivity (Wildman–Crippen MR) is 63.8 cm³/mol. The highest BCUT2D eigenvalue weighted by Gasteiger charge is 2.85. The molecular weight excluding hydrogens is 401 g/mol. The Morgan fingerprint density at radius 3 is 1.88 bits per heavy atom. The summed E-state index contributed by atoms with van der Waals surface area (Å²) in [5.74, 6) is -17.7. The third-order valence-electron chi connectivity index (χ3n) is 2.49. The minimum Gasteiger partial charge on any atom is -0.461 e. The highest BCUT2D eigenvalue weighted by Crippen LogP contribution is 2.54. The molecule has 148 valence electrons. The fourth-order valence-corrected chi connectivity index (χ4v) is 2.25. The molecule has 0 aromatic heterocycles. The van der Waals surface area contributed by atoms with Crippen LogP contribution in [0.1, 0.15) is 0 Å². The molecule has 0 spiro atoms. The van der Waals surface area contributed by atoms with Crippen LogP contribution in [0.25, 0.3) is 0 Å². The second-order valence-electron chi connectivity index (χ2n) is 4.29. The number of carbonyl (C=O) groups excluding carboxylic acids is 1. The average molecular weight is 411 g/mol. The summed E-state index contributed by atoms with van der Waals surface area (Å²) >= 11 is 0. The molecule has 0 saturated heterocycles. The molecule has 0 saturated carbocycles. The molecule has 15 heteroatoms. The van der Waals surface area contributed by atoms with Crippen LogP contribution >= 0.6 is 0 Å². The molecule has 0 aromatic carbocycles. The summed E-state index contributed by atoms with van der Waals surface area (Å²) in [6.45, 7) is 1.60. The van der Waals surface area contributed by atoms with Crippen LogP contribution in [-0.2, 0) is 19.4 Å². The smallest absolute Gasteiger partial charge is 0.460 e. The van der Waals surface area contributed by atoms with Crippen LogP contribution in [0.2, 0.25) is 0 Å². The number of sulfone groups is 1. The van der Waals surface area contributed by atoms with E-state index in [9.17, 15) is 52.7 Å². The first-order chi connectivity index (χ1) is 11.0. The zero-order valence-corrected chi connectivity index (χ0v) is 12.7. The van der Waals surface area contributed by atoms with Crippen LogP contribution in [0.3, 0.4) is 0 Å². The first kappa shape index (κ1) is 23.5. The van der Waals surface area contributed by atoms with Crippen molar-refractivity contribution in [3.05, 3.63) is 12.7 Å². The van der Waals surface area contributed by atoms with Gasteiger partial charge in [-0.05, 0) is 0 Å². The standard InChI is InChI=1S/C10H10F9NO4S/c1-2-6(21)24-4-3-20-5-25(22,23)10(18,19)8(13,14)7(11,12)9(15,16)17/h2,20H,1,3-5H2. The van der Waals surface area contributed by atoms with Crippen molar-refractivity contribution in [3.8, 4) is 0 Å². The maximum Gasteiger partial charge on any atom is 0.460 e. The fraction of sp³-hybridized carbons (Fsp3) is 0.700. The molecule has 0 atom stereocenters. The van der Waals surface area contributed by atoms with Gasteiger partial charge in [-0.15, -0.1) is 0 Å². The highest BCUT2D eigenvalue weighted by atomic mass is 32.2. The number of rotatable bonds is 9. The van der Waals surface area contributed by atoms with Crippen LogP contribution in [0.15, 0.2) is 12.7 Å². The quantitative estimate of drug-likeness (QED) is 0.272. The van der Waals surface area contributed by atoms with E-state index in [-0.39, 0.29) is 0 Å². The summed E-state index contributed by atoms with van der Waals surface area (Å²) < 4.78 is 140. The van der Waals surface area contributed by atoms with Crippen molar-refractivity contribution in [2.45, 2.75) is 23.3 Å². The number of alkyl halides is 9. The largest absolute Gasteiger partial charge is 0.461 e. The van der Waals surface area contributed by atoms with Gasteiger partial charge >= 0.3 is 29.2 Å². The lowest BCUT2D eigenvalue weighted by molar-refractivity contribution is -0.382. The van der Waals surface area contributed by atoms with Crippen LogP contribution in [-0.4, -0.2) is 56.7 Å². The van der Waals surface area contributed by atoms with Crippen molar-refractivity contribution in [3.63, 3.8) is 0 Å². The van der Waals surface area contributed by atoms with E-state index in [0.29, 0.717) is 6.08 Å². The van der Waals surface area contributed by atoms with Crippen molar-refractivity contribution in [1.29, 1.82) is 0 Å². The summed E-state index contributed by atoms with van der Waals surface area (Å²) in [5.41, 5.74) is 0. The summed E-state index contributed by atoms with van der Waals surface area (Å²) in [6, 6.07) is 0. The Labute approximate surface area is 134 Å². The topological polar surface area (TPSA) is 72.5 Å². The van der Waals surface area contributed by atoms with Crippen LogP contribution in [0, 0.1) is 0 Å². The van der Waals surface area contributed by atoms with Crippen molar-refractivity contribution in [2.75, 3.05) is 19.0 Å². The van der Waals surface area contributed by atoms with E-state index < -0.39 is 58.1 Å². The van der Waals surface area contributed by atoms with E-state index >= 15 is 0 Å². The van der Waals surface area contributed by atoms with E-state index in [4.69, 9.17) is 0 Å². The van der Waals surface area contributed by atoms with E-state index in [1.54, 1.807) is 0 Å². The summed E-state index contributed by atoms with van der Waals surface area (Å²) in [4.78, 5) is 10.6. The Kier molecular flexibility index (Phi) is 6.94. The molecule has 0 bridgehead atoms. The van der Waals surface area contributed by atoms with Gasteiger partial charge in [0, 0.05) is 12.6 Å². The lowest BCUT2D eigenvalue weighted by Gasteiger charge is -2.33. The van der Waals surface area contributed by atoms with Crippen molar-refractivity contribution in [1.82, 2.24) is 5.32 Å². The summed E-state index contributed by atoms with van der Waals surface area (Å²) in [5, 5.41) is -5.21. The lowest BCUT2D eigenvalue weighted by Crippen LogP contribution is -2.64. The average Bonchev–Trinajstić information content (AvgIpc) is 2.44. The van der Waals surface area contributed by atoms with Crippen molar-refractivity contribution >= 4 is 15.8 Å². The number of nitrogens with one attached hydrogen (secondary N) is 1. The molecule has 0 aromatic rings. The second-order valence-corrected chi connectivity index (χ2v) is 6.32. The molecule has 0 aliphatic rings. The fourth-order valence-electron chi connectivity index (χ4n) is 1.14. The Hall–Kier alpha value is -1.51. The zero-order valence-electron chi connectivity index (χ0n) is 11.8. The van der Waals surface area contributed by atoms with Crippen LogP contribution < -0.4 is 5.32 Å². The number of carbonyl (C=O) groups is 1. The van der Waals surface area contributed by atoms with E-state index in [0.717, 1.165) is 0 Å². The van der Waals surface area contributed by atoms with Crippen LogP contribution in [0.5, 0.6) is 0 Å². The van der Waals surface area contributed by atoms with Crippen molar-refractivity contribution in [2.24, 2.45) is 0 Å². The molecule has 0 aliphatic carbocycles. The predicted octanol–water partition coefficient (Wildman–Crippen LogP) is 2.10. The van der Waals surface area contributed by atoms with Gasteiger partial charge < -0.3 is 10.1 Å². The highest BCUT2D eigenvalue weighted by molar-refractivity contribution is 7.92. The zero-order chi connectivity index (χ0) is 20.3. The SMILES string of the molecule is C=CC(=O)OCCNCS(=O)(=O)C(F)(F)C(F)(F)C(F)(F)C(F)(F)F. The van der Waals surface area contributed by atoms with Gasteiger partial charge in [0.05, 0.1) is 0 Å². The van der Waals surface area contributed by atoms with Gasteiger partial charge in [0.1, 0.15) is 12.5 Å². The van der Waals surface area contributed by atoms with Gasteiger partial charge in [0.15, 0.2) is 0 Å². The Morgan fingerprint density at radius 1 is 1.00 bits per heavy atom. The van der Waals surface area contributed by atoms with Gasteiger partial charge in [0.25, 0.3) is 0 Å². The molecule has 0 aliphatic heterocycles. The Morgan fingerprint density at radius 2 is 1.48 bits per heavy atom. The molecule has 1 N–H and O–H groups in total. The molecule has 0 radical (unpaired) electrons. The number of esters is 1. The van der Waals surface area contributed by atoms with Crippen LogP contribution in [0.4, 0.5) is 39.5 Å². The molecule has 0 unspecified atom stereocenters. The first-order valence-corrected chi connectivity index (χ1v) is 7.53.